The quantitative estimate of drug-likeness (QED) is 0.0566. The maximum absolute atomic E-state index is 14.1. The van der Waals surface area contributed by atoms with E-state index in [2.05, 4.69) is 66.5 Å². The van der Waals surface area contributed by atoms with Gasteiger partial charge in [-0.1, -0.05) is 99.6 Å². The van der Waals surface area contributed by atoms with E-state index in [-0.39, 0.29) is 72.0 Å². The monoisotopic (exact) mass is 1040 g/mol. The molecule has 17 nitrogen and oxygen atoms in total. The maximum atomic E-state index is 14.1. The van der Waals surface area contributed by atoms with Gasteiger partial charge in [0.05, 0.1) is 78.6 Å². The van der Waals surface area contributed by atoms with Crippen molar-refractivity contribution in [2.75, 3.05) is 79.1 Å². The first-order valence-corrected chi connectivity index (χ1v) is 26.5. The normalized spacial score (nSPS) is 16.4. The fourth-order valence-electron chi connectivity index (χ4n) is 9.85. The second kappa shape index (κ2) is 25.5. The molecule has 1 aliphatic heterocycles. The third-order valence-electron chi connectivity index (χ3n) is 14.4. The van der Waals surface area contributed by atoms with Crippen molar-refractivity contribution >= 4 is 45.8 Å². The van der Waals surface area contributed by atoms with Gasteiger partial charge in [-0.25, -0.2) is 9.78 Å². The number of hydrogen-bond donors (Lipinski definition) is 4. The van der Waals surface area contributed by atoms with Gasteiger partial charge in [-0.15, -0.1) is 0 Å². The molecule has 404 valence electrons. The molecule has 7 aromatic rings. The predicted molar refractivity (Wildman–Crippen MR) is 298 cm³/mol. The molecular weight excluding hydrogens is 973 g/mol. The average molecular weight is 1050 g/mol. The molecule has 3 amide bonds. The largest absolute Gasteiger partial charge is 0.465 e. The number of H-pyrrole nitrogens is 1. The molecule has 1 fully saturated rings. The van der Waals surface area contributed by atoms with E-state index in [0.717, 1.165) is 27.9 Å². The number of carbonyl (C=O) groups is 4. The standard InChI is InChI=1S/C60H72N10O7/c1-40(43-14-10-8-11-15-43)62-54(72)38-68-30-28-67(37-53(71)64-42(3)45-18-20-46(21-19-45)59(75)76-7)29-31-69(39-55(73)63-41(2)44-16-12-9-13-17-44)33-35-70(34-32-68)56(51-26-27-61-66-51)50-24-23-48-57(74)49-36-47(60(4,5)6)22-25-52(49)77-58(48)65-50/h8-27,36,40-42,56H,28-35,37-39H2,1-7H3,(H,61,66)(H,62,72)(H,63,73)(H,64,71)/t40-,41-,42?,56-/m0/s1. The number of pyridine rings is 1. The van der Waals surface area contributed by atoms with E-state index < -0.39 is 12.0 Å². The van der Waals surface area contributed by atoms with Crippen LogP contribution in [0.15, 0.2) is 137 Å². The summed E-state index contributed by atoms with van der Waals surface area (Å²) >= 11 is 0. The van der Waals surface area contributed by atoms with E-state index in [1.807, 2.05) is 112 Å². The molecule has 4 atom stereocenters. The molecule has 1 unspecified atom stereocenters. The second-order valence-corrected chi connectivity index (χ2v) is 21.1. The van der Waals surface area contributed by atoms with E-state index in [0.29, 0.717) is 80.0 Å². The maximum Gasteiger partial charge on any atom is 0.337 e. The molecule has 8 rings (SSSR count). The van der Waals surface area contributed by atoms with Gasteiger partial charge in [0.15, 0.2) is 0 Å². The number of esters is 1. The Bertz CT molecular complexity index is 3090. The molecule has 1 aliphatic rings. The second-order valence-electron chi connectivity index (χ2n) is 21.1. The highest BCUT2D eigenvalue weighted by Gasteiger charge is 2.30. The zero-order valence-corrected chi connectivity index (χ0v) is 45.3. The van der Waals surface area contributed by atoms with Crippen molar-refractivity contribution in [3.05, 3.63) is 177 Å². The lowest BCUT2D eigenvalue weighted by atomic mass is 9.86. The van der Waals surface area contributed by atoms with Gasteiger partial charge >= 0.3 is 5.97 Å². The molecule has 0 radical (unpaired) electrons. The van der Waals surface area contributed by atoms with Crippen molar-refractivity contribution in [3.8, 4) is 0 Å². The minimum Gasteiger partial charge on any atom is -0.465 e. The van der Waals surface area contributed by atoms with Crippen LogP contribution < -0.4 is 21.4 Å². The van der Waals surface area contributed by atoms with Crippen molar-refractivity contribution in [1.29, 1.82) is 0 Å². The predicted octanol–water partition coefficient (Wildman–Crippen LogP) is 7.09. The van der Waals surface area contributed by atoms with E-state index in [1.54, 1.807) is 36.5 Å². The summed E-state index contributed by atoms with van der Waals surface area (Å²) in [7, 11) is 1.34. The van der Waals surface area contributed by atoms with Crippen LogP contribution in [0.3, 0.4) is 0 Å². The summed E-state index contributed by atoms with van der Waals surface area (Å²) in [6.45, 7) is 15.9. The molecule has 0 saturated carbocycles. The molecule has 0 aliphatic carbocycles. The number of carbonyl (C=O) groups excluding carboxylic acids is 4. The molecule has 17 heteroatoms. The van der Waals surface area contributed by atoms with E-state index >= 15 is 0 Å². The fourth-order valence-corrected chi connectivity index (χ4v) is 9.85. The van der Waals surface area contributed by atoms with Gasteiger partial charge in [0.2, 0.25) is 28.9 Å². The van der Waals surface area contributed by atoms with Crippen molar-refractivity contribution in [3.63, 3.8) is 0 Å². The number of fused-ring (bicyclic) bond motifs is 2. The highest BCUT2D eigenvalue weighted by Crippen LogP contribution is 2.30. The van der Waals surface area contributed by atoms with Crippen molar-refractivity contribution in [2.45, 2.75) is 71.1 Å². The summed E-state index contributed by atoms with van der Waals surface area (Å²) in [5.41, 5.74) is 5.96. The Hall–Kier alpha value is -7.57. The summed E-state index contributed by atoms with van der Waals surface area (Å²) in [6, 6.07) is 36.6. The number of nitrogens with one attached hydrogen (secondary N) is 4. The van der Waals surface area contributed by atoms with E-state index in [9.17, 15) is 24.0 Å². The molecule has 77 heavy (non-hydrogen) atoms. The number of methoxy groups -OCH3 is 1. The SMILES string of the molecule is COC(=O)c1ccc(C(C)NC(=O)CN2CCN(CC(=O)N[C@@H](C)c3ccccc3)CCN([C@@H](c3ccc4c(=O)c5cc(C(C)(C)C)ccc5oc4n3)c3ccn[nH]3)CCN(CC(=O)N[C@@H](C)c3ccccc3)CC2)cc1. The fraction of sp³-hybridized carbons (Fsp3) is 0.383. The van der Waals surface area contributed by atoms with E-state index in [4.69, 9.17) is 14.1 Å². The van der Waals surface area contributed by atoms with Gasteiger partial charge < -0.3 is 25.1 Å². The molecular formula is C60H72N10O7. The summed E-state index contributed by atoms with van der Waals surface area (Å²) in [4.78, 5) is 81.9. The van der Waals surface area contributed by atoms with Gasteiger partial charge in [0.1, 0.15) is 5.58 Å². The van der Waals surface area contributed by atoms with Crippen LogP contribution in [0.2, 0.25) is 0 Å². The lowest BCUT2D eigenvalue weighted by Gasteiger charge is -2.37. The van der Waals surface area contributed by atoms with Crippen LogP contribution in [-0.4, -0.2) is 138 Å². The Morgan fingerprint density at radius 1 is 0.623 bits per heavy atom. The number of ether oxygens (including phenoxy) is 1. The third-order valence-corrected chi connectivity index (χ3v) is 14.4. The molecule has 3 aromatic heterocycles. The van der Waals surface area contributed by atoms with Crippen molar-refractivity contribution < 1.29 is 28.3 Å². The van der Waals surface area contributed by atoms with Crippen LogP contribution >= 0.6 is 0 Å². The minimum atomic E-state index is -0.518. The molecule has 4 N–H and O–H groups in total. The van der Waals surface area contributed by atoms with Gasteiger partial charge in [0, 0.05) is 58.6 Å². The van der Waals surface area contributed by atoms with Crippen LogP contribution in [0, 0.1) is 0 Å². The molecule has 0 bridgehead atoms. The van der Waals surface area contributed by atoms with Crippen molar-refractivity contribution in [1.82, 2.24) is 50.7 Å². The van der Waals surface area contributed by atoms with Gasteiger partial charge in [0.25, 0.3) is 0 Å². The minimum absolute atomic E-state index is 0.0611. The first-order chi connectivity index (χ1) is 37.0. The number of benzene rings is 4. The van der Waals surface area contributed by atoms with Crippen LogP contribution in [0.4, 0.5) is 0 Å². The number of amides is 3. The lowest BCUT2D eigenvalue weighted by Crippen LogP contribution is -2.51. The number of nitrogens with zero attached hydrogens (tertiary/aromatic N) is 6. The van der Waals surface area contributed by atoms with Gasteiger partial charge in [-0.2, -0.15) is 5.10 Å². The number of aromatic nitrogens is 3. The molecule has 4 heterocycles. The summed E-state index contributed by atoms with van der Waals surface area (Å²) in [6.07, 6.45) is 1.70. The lowest BCUT2D eigenvalue weighted by molar-refractivity contribution is -0.125. The Kier molecular flexibility index (Phi) is 18.4. The summed E-state index contributed by atoms with van der Waals surface area (Å²) < 4.78 is 11.3. The zero-order valence-electron chi connectivity index (χ0n) is 45.3. The molecule has 0 spiro atoms. The number of aromatic amines is 1. The van der Waals surface area contributed by atoms with Crippen LogP contribution in [-0.2, 0) is 24.5 Å². The number of hydrogen-bond acceptors (Lipinski definition) is 13. The molecule has 1 saturated heterocycles. The number of rotatable bonds is 16. The Balaban J connectivity index is 1.10. The smallest absolute Gasteiger partial charge is 0.337 e. The summed E-state index contributed by atoms with van der Waals surface area (Å²) in [5, 5.41) is 18.0. The first kappa shape index (κ1) is 55.7. The topological polar surface area (TPSA) is 198 Å². The highest BCUT2D eigenvalue weighted by atomic mass is 16.5. The Morgan fingerprint density at radius 3 is 1.58 bits per heavy atom. The Morgan fingerprint density at radius 2 is 1.12 bits per heavy atom. The summed E-state index contributed by atoms with van der Waals surface area (Å²) in [5.74, 6) is -0.920. The highest BCUT2D eigenvalue weighted by molar-refractivity contribution is 5.90. The average Bonchev–Trinajstić information content (AvgIpc) is 3.96. The van der Waals surface area contributed by atoms with Crippen LogP contribution in [0.5, 0.6) is 0 Å². The molecule has 4 aromatic carbocycles. The van der Waals surface area contributed by atoms with E-state index in [1.165, 1.54) is 7.11 Å². The van der Waals surface area contributed by atoms with Gasteiger partial charge in [-0.3, -0.25) is 43.9 Å². The van der Waals surface area contributed by atoms with Gasteiger partial charge in [-0.05, 0) is 90.9 Å². The first-order valence-electron chi connectivity index (χ1n) is 26.5. The zero-order chi connectivity index (χ0) is 54.6. The Labute approximate surface area is 450 Å². The van der Waals surface area contributed by atoms with Crippen molar-refractivity contribution in [2.24, 2.45) is 0 Å². The van der Waals surface area contributed by atoms with Crippen LogP contribution in [0.25, 0.3) is 22.1 Å². The third kappa shape index (κ3) is 14.7. The van der Waals surface area contributed by atoms with Crippen LogP contribution in [0.1, 0.15) is 110 Å².